The van der Waals surface area contributed by atoms with Gasteiger partial charge in [0, 0.05) is 5.56 Å². The number of nitrogens with one attached hydrogen (secondary N) is 1. The van der Waals surface area contributed by atoms with E-state index in [1.54, 1.807) is 0 Å². The van der Waals surface area contributed by atoms with Gasteiger partial charge in [0.25, 0.3) is 0 Å². The number of rotatable bonds is 5. The van der Waals surface area contributed by atoms with E-state index in [2.05, 4.69) is 40.0 Å². The van der Waals surface area contributed by atoms with Gasteiger partial charge in [0.05, 0.1) is 23.2 Å². The second-order valence-corrected chi connectivity index (χ2v) is 6.18. The topological polar surface area (TPSA) is 47.0 Å². The summed E-state index contributed by atoms with van der Waals surface area (Å²) in [5.41, 5.74) is 3.54. The lowest BCUT2D eigenvalue weighted by Gasteiger charge is -2.25. The summed E-state index contributed by atoms with van der Waals surface area (Å²) in [6.45, 7) is 5.98. The van der Waals surface area contributed by atoms with Crippen LogP contribution in [-0.4, -0.2) is 22.7 Å². The highest BCUT2D eigenvalue weighted by molar-refractivity contribution is 7.05. The summed E-state index contributed by atoms with van der Waals surface area (Å²) < 4.78 is 10.1. The van der Waals surface area contributed by atoms with E-state index in [4.69, 9.17) is 4.74 Å². The van der Waals surface area contributed by atoms with E-state index in [0.717, 1.165) is 43.9 Å². The van der Waals surface area contributed by atoms with Gasteiger partial charge in [0.15, 0.2) is 0 Å². The number of aromatic nitrogens is 2. The van der Waals surface area contributed by atoms with Crippen molar-refractivity contribution in [1.82, 2.24) is 14.9 Å². The predicted octanol–water partition coefficient (Wildman–Crippen LogP) is 3.26. The first-order valence-electron chi connectivity index (χ1n) is 7.58. The summed E-state index contributed by atoms with van der Waals surface area (Å²) in [6, 6.07) is 6.59. The van der Waals surface area contributed by atoms with Crippen molar-refractivity contribution in [2.24, 2.45) is 0 Å². The molecule has 1 aliphatic rings. The number of ether oxygens (including phenoxy) is 1. The Hall–Kier alpha value is -1.46. The smallest absolute Gasteiger partial charge is 0.127 e. The van der Waals surface area contributed by atoms with Crippen molar-refractivity contribution in [3.63, 3.8) is 0 Å². The summed E-state index contributed by atoms with van der Waals surface area (Å²) in [5, 5.41) is 7.80. The molecular weight excluding hydrogens is 282 g/mol. The third-order valence-electron chi connectivity index (χ3n) is 3.82. The highest BCUT2D eigenvalue weighted by Gasteiger charge is 2.25. The fourth-order valence-corrected chi connectivity index (χ4v) is 3.52. The molecule has 2 aromatic rings. The molecule has 1 N–H and O–H groups in total. The summed E-state index contributed by atoms with van der Waals surface area (Å²) in [7, 11) is 0. The minimum atomic E-state index is 0.123. The Labute approximate surface area is 129 Å². The molecule has 1 unspecified atom stereocenters. The third-order valence-corrected chi connectivity index (χ3v) is 4.71. The zero-order valence-corrected chi connectivity index (χ0v) is 13.4. The maximum absolute atomic E-state index is 5.98. The molecule has 2 heterocycles. The summed E-state index contributed by atoms with van der Waals surface area (Å²) in [6.07, 6.45) is 3.30. The van der Waals surface area contributed by atoms with Gasteiger partial charge in [-0.1, -0.05) is 29.6 Å². The summed E-state index contributed by atoms with van der Waals surface area (Å²) in [4.78, 5) is 1.19. The lowest BCUT2D eigenvalue weighted by molar-refractivity contribution is 0.283. The van der Waals surface area contributed by atoms with E-state index in [1.807, 2.05) is 6.92 Å². The minimum Gasteiger partial charge on any atom is -0.493 e. The maximum Gasteiger partial charge on any atom is 0.127 e. The molecule has 0 bridgehead atoms. The number of nitrogens with zero attached hydrogens (tertiary/aromatic N) is 2. The standard InChI is InChI=1S/C16H21N3OS/c1-3-9-17-14(16-11(2)18-19-21-16)13-8-4-6-12-7-5-10-20-15(12)13/h4,6,8,14,17H,3,5,7,9-10H2,1-2H3. The molecule has 1 aliphatic heterocycles. The van der Waals surface area contributed by atoms with Crippen LogP contribution in [0.5, 0.6) is 5.75 Å². The van der Waals surface area contributed by atoms with Gasteiger partial charge in [-0.05, 0) is 49.8 Å². The van der Waals surface area contributed by atoms with Crippen LogP contribution < -0.4 is 10.1 Å². The fourth-order valence-electron chi connectivity index (χ4n) is 2.78. The van der Waals surface area contributed by atoms with Gasteiger partial charge < -0.3 is 10.1 Å². The van der Waals surface area contributed by atoms with Crippen LogP contribution in [0.15, 0.2) is 18.2 Å². The van der Waals surface area contributed by atoms with Crippen LogP contribution >= 0.6 is 11.5 Å². The first kappa shape index (κ1) is 14.5. The van der Waals surface area contributed by atoms with E-state index >= 15 is 0 Å². The fraction of sp³-hybridized carbons (Fsp3) is 0.500. The second-order valence-electron chi connectivity index (χ2n) is 5.40. The van der Waals surface area contributed by atoms with Crippen molar-refractivity contribution < 1.29 is 4.74 Å². The zero-order valence-electron chi connectivity index (χ0n) is 12.6. The van der Waals surface area contributed by atoms with Gasteiger partial charge in [0.2, 0.25) is 0 Å². The number of benzene rings is 1. The van der Waals surface area contributed by atoms with Crippen LogP contribution in [0.1, 0.15) is 47.5 Å². The highest BCUT2D eigenvalue weighted by atomic mass is 32.1. The molecule has 0 saturated carbocycles. The van der Waals surface area contributed by atoms with Gasteiger partial charge in [-0.25, -0.2) is 0 Å². The number of hydrogen-bond donors (Lipinski definition) is 1. The molecule has 1 aromatic heterocycles. The molecule has 4 nitrogen and oxygen atoms in total. The van der Waals surface area contributed by atoms with Gasteiger partial charge in [0.1, 0.15) is 5.75 Å². The van der Waals surface area contributed by atoms with E-state index < -0.39 is 0 Å². The van der Waals surface area contributed by atoms with Gasteiger partial charge in [-0.3, -0.25) is 0 Å². The Balaban J connectivity index is 2.02. The van der Waals surface area contributed by atoms with Crippen molar-refractivity contribution >= 4 is 11.5 Å². The Kier molecular flexibility index (Phi) is 4.51. The average molecular weight is 303 g/mol. The molecule has 1 aromatic carbocycles. The van der Waals surface area contributed by atoms with Gasteiger partial charge in [-0.2, -0.15) is 0 Å². The van der Waals surface area contributed by atoms with Crippen molar-refractivity contribution in [2.75, 3.05) is 13.2 Å². The van der Waals surface area contributed by atoms with Crippen molar-refractivity contribution in [1.29, 1.82) is 0 Å². The number of aryl methyl sites for hydroxylation is 2. The lowest BCUT2D eigenvalue weighted by Crippen LogP contribution is -2.24. The highest BCUT2D eigenvalue weighted by Crippen LogP contribution is 2.37. The normalized spacial score (nSPS) is 15.3. The average Bonchev–Trinajstić information content (AvgIpc) is 2.94. The Morgan fingerprint density at radius 2 is 2.33 bits per heavy atom. The predicted molar refractivity (Wildman–Crippen MR) is 85.0 cm³/mol. The number of para-hydroxylation sites is 1. The van der Waals surface area contributed by atoms with Crippen molar-refractivity contribution in [3.05, 3.63) is 39.9 Å². The largest absolute Gasteiger partial charge is 0.493 e. The molecule has 0 radical (unpaired) electrons. The molecule has 0 amide bonds. The Bertz CT molecular complexity index is 611. The van der Waals surface area contributed by atoms with Crippen LogP contribution in [0.3, 0.4) is 0 Å². The van der Waals surface area contributed by atoms with E-state index in [0.29, 0.717) is 0 Å². The van der Waals surface area contributed by atoms with Crippen molar-refractivity contribution in [3.8, 4) is 5.75 Å². The minimum absolute atomic E-state index is 0.123. The molecule has 0 aliphatic carbocycles. The monoisotopic (exact) mass is 303 g/mol. The van der Waals surface area contributed by atoms with E-state index in [9.17, 15) is 0 Å². The zero-order chi connectivity index (χ0) is 14.7. The first-order valence-corrected chi connectivity index (χ1v) is 8.35. The van der Waals surface area contributed by atoms with E-state index in [1.165, 1.54) is 27.5 Å². The molecule has 5 heteroatoms. The molecule has 21 heavy (non-hydrogen) atoms. The van der Waals surface area contributed by atoms with Crippen LogP contribution in [-0.2, 0) is 6.42 Å². The number of hydrogen-bond acceptors (Lipinski definition) is 5. The molecule has 0 spiro atoms. The Morgan fingerprint density at radius 3 is 3.10 bits per heavy atom. The molecule has 1 atom stereocenters. The second kappa shape index (κ2) is 6.54. The quantitative estimate of drug-likeness (QED) is 0.921. The Morgan fingerprint density at radius 1 is 1.43 bits per heavy atom. The molecule has 0 saturated heterocycles. The van der Waals surface area contributed by atoms with Crippen LogP contribution in [0, 0.1) is 6.92 Å². The van der Waals surface area contributed by atoms with Crippen molar-refractivity contribution in [2.45, 2.75) is 39.2 Å². The van der Waals surface area contributed by atoms with Gasteiger partial charge >= 0.3 is 0 Å². The maximum atomic E-state index is 5.98. The molecule has 3 rings (SSSR count). The molecule has 0 fully saturated rings. The van der Waals surface area contributed by atoms with Crippen LogP contribution in [0.25, 0.3) is 0 Å². The number of fused-ring (bicyclic) bond motifs is 1. The van der Waals surface area contributed by atoms with E-state index in [-0.39, 0.29) is 6.04 Å². The third kappa shape index (κ3) is 2.94. The van der Waals surface area contributed by atoms with Crippen LogP contribution in [0.2, 0.25) is 0 Å². The molecule has 112 valence electrons. The lowest BCUT2D eigenvalue weighted by atomic mass is 9.96. The SMILES string of the molecule is CCCNC(c1cccc2c1OCCC2)c1snnc1C. The molecular formula is C16H21N3OS. The van der Waals surface area contributed by atoms with Crippen LogP contribution in [0.4, 0.5) is 0 Å². The summed E-state index contributed by atoms with van der Waals surface area (Å²) >= 11 is 1.47. The van der Waals surface area contributed by atoms with Gasteiger partial charge in [-0.15, -0.1) is 5.10 Å². The summed E-state index contributed by atoms with van der Waals surface area (Å²) in [5.74, 6) is 1.06. The first-order chi connectivity index (χ1) is 10.3.